The summed E-state index contributed by atoms with van der Waals surface area (Å²) in [5.41, 5.74) is 3.48. The van der Waals surface area contributed by atoms with Crippen molar-refractivity contribution in [3.8, 4) is 0 Å². The van der Waals surface area contributed by atoms with Crippen LogP contribution in [0.25, 0.3) is 0 Å². The van der Waals surface area contributed by atoms with Gasteiger partial charge >= 0.3 is 0 Å². The lowest BCUT2D eigenvalue weighted by atomic mass is 9.66. The lowest BCUT2D eigenvalue weighted by molar-refractivity contribution is -0.125. The zero-order valence-corrected chi connectivity index (χ0v) is 28.1. The van der Waals surface area contributed by atoms with Crippen LogP contribution in [-0.4, -0.2) is 28.2 Å². The van der Waals surface area contributed by atoms with Crippen molar-refractivity contribution in [2.45, 2.75) is 114 Å². The van der Waals surface area contributed by atoms with Gasteiger partial charge in [-0.1, -0.05) is 48.8 Å². The van der Waals surface area contributed by atoms with Crippen molar-refractivity contribution in [3.63, 3.8) is 0 Å². The van der Waals surface area contributed by atoms with Crippen molar-refractivity contribution in [3.05, 3.63) is 57.6 Å². The first-order valence-electron chi connectivity index (χ1n) is 13.6. The molecule has 0 saturated carbocycles. The van der Waals surface area contributed by atoms with Crippen LogP contribution in [0.2, 0.25) is 39.3 Å². The van der Waals surface area contributed by atoms with Gasteiger partial charge < -0.3 is 8.85 Å². The van der Waals surface area contributed by atoms with Crippen LogP contribution in [0.1, 0.15) is 74.7 Å². The molecule has 0 spiro atoms. The van der Waals surface area contributed by atoms with E-state index in [0.29, 0.717) is 41.9 Å². The Balaban J connectivity index is 4.40. The minimum absolute atomic E-state index is 0.0156. The molecule has 0 fully saturated rings. The summed E-state index contributed by atoms with van der Waals surface area (Å²) in [5.74, 6) is 0.709. The maximum atomic E-state index is 14.8. The van der Waals surface area contributed by atoms with Gasteiger partial charge in [-0.2, -0.15) is 0 Å². The fraction of sp³-hybridized carbons (Fsp3) is 0.613. The molecule has 0 amide bonds. The predicted octanol–water partition coefficient (Wildman–Crippen LogP) is 9.06. The summed E-state index contributed by atoms with van der Waals surface area (Å²) < 4.78 is 13.5. The first-order chi connectivity index (χ1) is 16.7. The van der Waals surface area contributed by atoms with Crippen LogP contribution in [0.15, 0.2) is 57.6 Å². The molecular weight excluding hydrogens is 493 g/mol. The summed E-state index contributed by atoms with van der Waals surface area (Å²) in [7, 11) is -4.41. The van der Waals surface area contributed by atoms with Gasteiger partial charge in [-0.25, -0.2) is 0 Å². The van der Waals surface area contributed by atoms with Crippen molar-refractivity contribution in [1.82, 2.24) is 0 Å². The number of carbonyl (C=O) groups is 2. The fourth-order valence-electron chi connectivity index (χ4n) is 4.08. The highest BCUT2D eigenvalue weighted by Crippen LogP contribution is 2.50. The summed E-state index contributed by atoms with van der Waals surface area (Å²) in [6.45, 7) is 28.7. The maximum Gasteiger partial charge on any atom is 0.242 e. The Bertz CT molecular complexity index is 1010. The highest BCUT2D eigenvalue weighted by atomic mass is 28.4. The Morgan fingerprint density at radius 3 is 1.57 bits per heavy atom. The van der Waals surface area contributed by atoms with Gasteiger partial charge in [0.05, 0.1) is 11.0 Å². The summed E-state index contributed by atoms with van der Waals surface area (Å²) in [5, 5.41) is 0. The molecule has 4 nitrogen and oxygen atoms in total. The van der Waals surface area contributed by atoms with E-state index in [2.05, 4.69) is 57.5 Å². The Kier molecular flexibility index (Phi) is 11.4. The quantitative estimate of drug-likeness (QED) is 0.182. The molecule has 0 saturated heterocycles. The van der Waals surface area contributed by atoms with E-state index in [4.69, 9.17) is 8.85 Å². The van der Waals surface area contributed by atoms with Crippen LogP contribution >= 0.6 is 0 Å². The van der Waals surface area contributed by atoms with E-state index in [9.17, 15) is 9.59 Å². The van der Waals surface area contributed by atoms with Crippen LogP contribution in [0.3, 0.4) is 0 Å². The minimum Gasteiger partial charge on any atom is -0.546 e. The van der Waals surface area contributed by atoms with Gasteiger partial charge in [-0.15, -0.1) is 0 Å². The molecule has 0 radical (unpaired) electrons. The second-order valence-electron chi connectivity index (χ2n) is 13.3. The number of allylic oxidation sites excluding steroid dienone is 9. The SMILES string of the molecule is CC(C)=CCC1=C(O[Si](C)(C)C)C(C(=O)C(C)C)=C(O[Si](C)(C)C)C(CC=C(C)C)(CC=C(C)C)C1=O. The first kappa shape index (κ1) is 33.1. The summed E-state index contributed by atoms with van der Waals surface area (Å²) in [6.07, 6.45) is 7.68. The average Bonchev–Trinajstić information content (AvgIpc) is 2.70. The summed E-state index contributed by atoms with van der Waals surface area (Å²) in [4.78, 5) is 28.9. The smallest absolute Gasteiger partial charge is 0.242 e. The Hall–Kier alpha value is -1.93. The zero-order valence-electron chi connectivity index (χ0n) is 26.1. The molecule has 0 aromatic rings. The van der Waals surface area contributed by atoms with Crippen LogP contribution in [0, 0.1) is 11.3 Å². The normalized spacial score (nSPS) is 16.0. The third-order valence-corrected chi connectivity index (χ3v) is 7.52. The third-order valence-electron chi connectivity index (χ3n) is 5.89. The van der Waals surface area contributed by atoms with Crippen molar-refractivity contribution in [2.24, 2.45) is 11.3 Å². The summed E-state index contributed by atoms with van der Waals surface area (Å²) >= 11 is 0. The lowest BCUT2D eigenvalue weighted by Crippen LogP contribution is -2.45. The topological polar surface area (TPSA) is 52.6 Å². The molecule has 0 heterocycles. The maximum absolute atomic E-state index is 14.8. The van der Waals surface area contributed by atoms with Gasteiger partial charge in [0, 0.05) is 11.5 Å². The van der Waals surface area contributed by atoms with Crippen LogP contribution in [-0.2, 0) is 18.4 Å². The van der Waals surface area contributed by atoms with Crippen molar-refractivity contribution >= 4 is 28.2 Å². The van der Waals surface area contributed by atoms with E-state index >= 15 is 0 Å². The molecule has 6 heteroatoms. The van der Waals surface area contributed by atoms with E-state index in [0.717, 1.165) is 16.7 Å². The lowest BCUT2D eigenvalue weighted by Gasteiger charge is -2.43. The largest absolute Gasteiger partial charge is 0.546 e. The molecule has 0 bridgehead atoms. The molecule has 0 aliphatic heterocycles. The van der Waals surface area contributed by atoms with E-state index < -0.39 is 22.0 Å². The second-order valence-corrected chi connectivity index (χ2v) is 22.2. The zero-order chi connectivity index (χ0) is 28.9. The van der Waals surface area contributed by atoms with E-state index in [1.165, 1.54) is 0 Å². The third kappa shape index (κ3) is 9.40. The molecular formula is C31H52O4Si2. The van der Waals surface area contributed by atoms with E-state index in [1.807, 2.05) is 55.4 Å². The number of rotatable bonds is 12. The van der Waals surface area contributed by atoms with Crippen molar-refractivity contribution in [2.75, 3.05) is 0 Å². The number of carbonyl (C=O) groups excluding carboxylic acids is 2. The standard InChI is InChI=1S/C31H52O4Si2/c1-21(2)15-16-25-28(34-36(9,10)11)26(27(32)24(7)8)30(35-37(12,13)14)31(29(25)33,19-17-22(3)4)20-18-23(5)6/h15,17-18,24H,16,19-20H2,1-14H3. The summed E-state index contributed by atoms with van der Waals surface area (Å²) in [6, 6.07) is 0. The Morgan fingerprint density at radius 1 is 0.784 bits per heavy atom. The molecule has 1 rings (SSSR count). The van der Waals surface area contributed by atoms with Crippen molar-refractivity contribution < 1.29 is 18.4 Å². The van der Waals surface area contributed by atoms with Gasteiger partial charge in [0.2, 0.25) is 16.6 Å². The van der Waals surface area contributed by atoms with E-state index in [1.54, 1.807) is 0 Å². The fourth-order valence-corrected chi connectivity index (χ4v) is 5.82. The molecule has 208 valence electrons. The van der Waals surface area contributed by atoms with Gasteiger partial charge in [-0.05, 0) is 100 Å². The highest BCUT2D eigenvalue weighted by molar-refractivity contribution is 6.70. The molecule has 0 N–H and O–H groups in total. The van der Waals surface area contributed by atoms with Gasteiger partial charge in [-0.3, -0.25) is 9.59 Å². The van der Waals surface area contributed by atoms with Crippen LogP contribution in [0.5, 0.6) is 0 Å². The number of hydrogen-bond donors (Lipinski definition) is 0. The van der Waals surface area contributed by atoms with Gasteiger partial charge in [0.15, 0.2) is 11.6 Å². The van der Waals surface area contributed by atoms with E-state index in [-0.39, 0.29) is 17.5 Å². The molecule has 1 aliphatic carbocycles. The molecule has 0 aromatic carbocycles. The predicted molar refractivity (Wildman–Crippen MR) is 162 cm³/mol. The Morgan fingerprint density at radius 2 is 1.22 bits per heavy atom. The van der Waals surface area contributed by atoms with Gasteiger partial charge in [0.1, 0.15) is 11.5 Å². The molecule has 0 aromatic heterocycles. The molecule has 37 heavy (non-hydrogen) atoms. The Labute approximate surface area is 229 Å². The van der Waals surface area contributed by atoms with Gasteiger partial charge in [0.25, 0.3) is 0 Å². The monoisotopic (exact) mass is 544 g/mol. The van der Waals surface area contributed by atoms with Crippen molar-refractivity contribution in [1.29, 1.82) is 0 Å². The molecule has 0 unspecified atom stereocenters. The first-order valence-corrected chi connectivity index (χ1v) is 20.4. The highest BCUT2D eigenvalue weighted by Gasteiger charge is 2.52. The van der Waals surface area contributed by atoms with Crippen LogP contribution < -0.4 is 0 Å². The number of ketones is 2. The second kappa shape index (κ2) is 12.7. The molecule has 0 atom stereocenters. The average molecular weight is 545 g/mol. The number of Topliss-reactive ketones (excluding diaryl/α,β-unsaturated/α-hetero) is 2. The van der Waals surface area contributed by atoms with Crippen LogP contribution in [0.4, 0.5) is 0 Å². The minimum atomic E-state index is -2.23. The molecule has 1 aliphatic rings. The number of hydrogen-bond acceptors (Lipinski definition) is 4.